The molecule has 0 amide bonds. The van der Waals surface area contributed by atoms with E-state index in [2.05, 4.69) is 35.7 Å². The molecule has 2 aromatic carbocycles. The molecule has 0 aliphatic heterocycles. The minimum absolute atomic E-state index is 0.662. The van der Waals surface area contributed by atoms with Crippen molar-refractivity contribution >= 4 is 11.8 Å². The Morgan fingerprint density at radius 1 is 1.24 bits per heavy atom. The highest BCUT2D eigenvalue weighted by atomic mass is 32.2. The van der Waals surface area contributed by atoms with Crippen LogP contribution in [0.15, 0.2) is 47.4 Å². The molecule has 0 bridgehead atoms. The molecule has 3 nitrogen and oxygen atoms in total. The zero-order valence-corrected chi connectivity index (χ0v) is 13.0. The third-order valence-electron chi connectivity index (χ3n) is 3.08. The van der Waals surface area contributed by atoms with Gasteiger partial charge in [-0.2, -0.15) is 5.26 Å². The zero-order valence-electron chi connectivity index (χ0n) is 12.2. The predicted octanol–water partition coefficient (Wildman–Crippen LogP) is 3.58. The molecule has 0 atom stereocenters. The summed E-state index contributed by atoms with van der Waals surface area (Å²) in [5.41, 5.74) is 2.97. The molecule has 0 aromatic heterocycles. The van der Waals surface area contributed by atoms with E-state index in [0.717, 1.165) is 23.6 Å². The second kappa shape index (κ2) is 7.72. The fraction of sp³-hybridized carbons (Fsp3) is 0.235. The number of hydrogen-bond donors (Lipinski definition) is 1. The first kappa shape index (κ1) is 15.4. The van der Waals surface area contributed by atoms with Crippen LogP contribution in [0.4, 0.5) is 0 Å². The summed E-state index contributed by atoms with van der Waals surface area (Å²) in [7, 11) is 3.60. The molecule has 0 spiro atoms. The Kier molecular flexibility index (Phi) is 5.68. The van der Waals surface area contributed by atoms with E-state index in [4.69, 9.17) is 10.00 Å². The van der Waals surface area contributed by atoms with Gasteiger partial charge in [-0.3, -0.25) is 0 Å². The summed E-state index contributed by atoms with van der Waals surface area (Å²) in [6, 6.07) is 16.2. The predicted molar refractivity (Wildman–Crippen MR) is 86.5 cm³/mol. The normalized spacial score (nSPS) is 10.1. The third kappa shape index (κ3) is 4.25. The molecule has 108 valence electrons. The maximum Gasteiger partial charge on any atom is 0.122 e. The molecule has 21 heavy (non-hydrogen) atoms. The van der Waals surface area contributed by atoms with Crippen LogP contribution in [-0.2, 0) is 12.3 Å². The van der Waals surface area contributed by atoms with Crippen molar-refractivity contribution in [3.8, 4) is 11.8 Å². The third-order valence-corrected chi connectivity index (χ3v) is 4.13. The molecule has 0 saturated carbocycles. The Balaban J connectivity index is 2.12. The van der Waals surface area contributed by atoms with Crippen molar-refractivity contribution in [3.05, 3.63) is 59.2 Å². The van der Waals surface area contributed by atoms with Crippen LogP contribution in [0.2, 0.25) is 0 Å². The topological polar surface area (TPSA) is 45.0 Å². The highest BCUT2D eigenvalue weighted by molar-refractivity contribution is 7.98. The van der Waals surface area contributed by atoms with Crippen molar-refractivity contribution < 1.29 is 4.74 Å². The quantitative estimate of drug-likeness (QED) is 0.828. The van der Waals surface area contributed by atoms with Crippen LogP contribution >= 0.6 is 11.8 Å². The molecular formula is C17H18N2OS. The van der Waals surface area contributed by atoms with Gasteiger partial charge in [0.15, 0.2) is 0 Å². The molecule has 0 radical (unpaired) electrons. The second-order valence-corrected chi connectivity index (χ2v) is 5.65. The number of nitrogens with zero attached hydrogens (tertiary/aromatic N) is 1. The van der Waals surface area contributed by atoms with Gasteiger partial charge in [0, 0.05) is 22.8 Å². The van der Waals surface area contributed by atoms with Crippen LogP contribution in [0.25, 0.3) is 0 Å². The first-order valence-corrected chi connectivity index (χ1v) is 7.68. The lowest BCUT2D eigenvalue weighted by Gasteiger charge is -2.09. The summed E-state index contributed by atoms with van der Waals surface area (Å²) in [5, 5.41) is 12.2. The summed E-state index contributed by atoms with van der Waals surface area (Å²) in [6.07, 6.45) is 0. The Bertz CT molecular complexity index is 649. The molecule has 0 aliphatic carbocycles. The minimum Gasteiger partial charge on any atom is -0.496 e. The Morgan fingerprint density at radius 2 is 2.10 bits per heavy atom. The number of benzene rings is 2. The van der Waals surface area contributed by atoms with Gasteiger partial charge in [-0.15, -0.1) is 11.8 Å². The molecular weight excluding hydrogens is 280 g/mol. The monoisotopic (exact) mass is 298 g/mol. The molecule has 0 unspecified atom stereocenters. The van der Waals surface area contributed by atoms with Gasteiger partial charge in [0.05, 0.1) is 18.7 Å². The van der Waals surface area contributed by atoms with E-state index >= 15 is 0 Å². The lowest BCUT2D eigenvalue weighted by atomic mass is 10.1. The van der Waals surface area contributed by atoms with E-state index in [1.54, 1.807) is 24.9 Å². The van der Waals surface area contributed by atoms with Crippen molar-refractivity contribution in [2.75, 3.05) is 14.2 Å². The van der Waals surface area contributed by atoms with Crippen molar-refractivity contribution in [1.82, 2.24) is 5.32 Å². The van der Waals surface area contributed by atoms with Crippen LogP contribution in [0.3, 0.4) is 0 Å². The van der Waals surface area contributed by atoms with E-state index in [0.29, 0.717) is 5.56 Å². The van der Waals surface area contributed by atoms with Gasteiger partial charge in [0.25, 0.3) is 0 Å². The Hall–Kier alpha value is -1.96. The molecule has 4 heteroatoms. The number of ether oxygens (including phenoxy) is 1. The van der Waals surface area contributed by atoms with Gasteiger partial charge in [-0.25, -0.2) is 0 Å². The van der Waals surface area contributed by atoms with Crippen molar-refractivity contribution in [1.29, 1.82) is 5.26 Å². The molecule has 0 heterocycles. The zero-order chi connectivity index (χ0) is 15.1. The first-order valence-electron chi connectivity index (χ1n) is 6.70. The summed E-state index contributed by atoms with van der Waals surface area (Å²) in [5.74, 6) is 1.61. The standard InChI is InChI=1S/C17H18N2OS/c1-19-11-14-4-3-5-16(9-14)21-12-15-8-13(10-18)6-7-17(15)20-2/h3-9,19H,11-12H2,1-2H3. The van der Waals surface area contributed by atoms with Crippen LogP contribution in [-0.4, -0.2) is 14.2 Å². The Morgan fingerprint density at radius 3 is 2.81 bits per heavy atom. The number of nitriles is 1. The summed E-state index contributed by atoms with van der Waals surface area (Å²) >= 11 is 1.75. The van der Waals surface area contributed by atoms with Crippen LogP contribution in [0, 0.1) is 11.3 Å². The number of rotatable bonds is 6. The van der Waals surface area contributed by atoms with Gasteiger partial charge in [-0.1, -0.05) is 12.1 Å². The fourth-order valence-electron chi connectivity index (χ4n) is 2.07. The van der Waals surface area contributed by atoms with E-state index in [1.807, 2.05) is 19.2 Å². The molecule has 2 aromatic rings. The summed E-state index contributed by atoms with van der Waals surface area (Å²) in [6.45, 7) is 0.863. The number of nitrogens with one attached hydrogen (secondary N) is 1. The van der Waals surface area contributed by atoms with Crippen LogP contribution in [0.5, 0.6) is 5.75 Å². The van der Waals surface area contributed by atoms with E-state index in [9.17, 15) is 0 Å². The first-order chi connectivity index (χ1) is 10.3. The van der Waals surface area contributed by atoms with Gasteiger partial charge in [0.1, 0.15) is 5.75 Å². The maximum atomic E-state index is 9.00. The Labute approximate surface area is 129 Å². The lowest BCUT2D eigenvalue weighted by Crippen LogP contribution is -2.04. The molecule has 1 N–H and O–H groups in total. The highest BCUT2D eigenvalue weighted by Crippen LogP contribution is 2.29. The minimum atomic E-state index is 0.662. The molecule has 2 rings (SSSR count). The molecule has 0 saturated heterocycles. The number of hydrogen-bond acceptors (Lipinski definition) is 4. The smallest absolute Gasteiger partial charge is 0.122 e. The fourth-order valence-corrected chi connectivity index (χ4v) is 3.03. The van der Waals surface area contributed by atoms with Crippen LogP contribution in [0.1, 0.15) is 16.7 Å². The number of methoxy groups -OCH3 is 1. The molecule has 0 aliphatic rings. The van der Waals surface area contributed by atoms with E-state index in [1.165, 1.54) is 10.5 Å². The number of thioether (sulfide) groups is 1. The maximum absolute atomic E-state index is 9.00. The second-order valence-electron chi connectivity index (χ2n) is 4.60. The van der Waals surface area contributed by atoms with Gasteiger partial charge >= 0.3 is 0 Å². The van der Waals surface area contributed by atoms with Gasteiger partial charge < -0.3 is 10.1 Å². The summed E-state index contributed by atoms with van der Waals surface area (Å²) in [4.78, 5) is 1.21. The van der Waals surface area contributed by atoms with E-state index in [-0.39, 0.29) is 0 Å². The lowest BCUT2D eigenvalue weighted by molar-refractivity contribution is 0.411. The van der Waals surface area contributed by atoms with E-state index < -0.39 is 0 Å². The SMILES string of the molecule is CNCc1cccc(SCc2cc(C#N)ccc2OC)c1. The van der Waals surface area contributed by atoms with Crippen molar-refractivity contribution in [2.24, 2.45) is 0 Å². The summed E-state index contributed by atoms with van der Waals surface area (Å²) < 4.78 is 5.36. The van der Waals surface area contributed by atoms with Gasteiger partial charge in [-0.05, 0) is 42.9 Å². The largest absolute Gasteiger partial charge is 0.496 e. The highest BCUT2D eigenvalue weighted by Gasteiger charge is 2.06. The van der Waals surface area contributed by atoms with Crippen molar-refractivity contribution in [2.45, 2.75) is 17.2 Å². The van der Waals surface area contributed by atoms with Gasteiger partial charge in [0.2, 0.25) is 0 Å². The average Bonchev–Trinajstić information content (AvgIpc) is 2.53. The average molecular weight is 298 g/mol. The van der Waals surface area contributed by atoms with Crippen molar-refractivity contribution in [3.63, 3.8) is 0 Å². The van der Waals surface area contributed by atoms with Crippen LogP contribution < -0.4 is 10.1 Å². The molecule has 0 fully saturated rings.